The van der Waals surface area contributed by atoms with Gasteiger partial charge in [0, 0.05) is 17.3 Å². The molecule has 4 saturated carbocycles. The smallest absolute Gasteiger partial charge is 0.354 e. The van der Waals surface area contributed by atoms with E-state index in [1.54, 1.807) is 13.2 Å². The Hall–Kier alpha value is -2.96. The molecular formula is C23H25N3O4. The number of benzene rings is 1. The van der Waals surface area contributed by atoms with Crippen molar-refractivity contribution in [1.29, 1.82) is 0 Å². The van der Waals surface area contributed by atoms with E-state index in [1.807, 2.05) is 12.1 Å². The van der Waals surface area contributed by atoms with E-state index in [2.05, 4.69) is 15.3 Å². The third kappa shape index (κ3) is 3.22. The summed E-state index contributed by atoms with van der Waals surface area (Å²) in [4.78, 5) is 31.9. The molecule has 1 aromatic carbocycles. The molecule has 7 heteroatoms. The zero-order valence-corrected chi connectivity index (χ0v) is 16.9. The van der Waals surface area contributed by atoms with E-state index in [-0.39, 0.29) is 23.0 Å². The molecule has 6 rings (SSSR count). The lowest BCUT2D eigenvalue weighted by Gasteiger charge is -2.57. The van der Waals surface area contributed by atoms with Crippen LogP contribution in [-0.2, 0) is 5.41 Å². The lowest BCUT2D eigenvalue weighted by atomic mass is 9.48. The number of hydrogen-bond donors (Lipinski definition) is 2. The van der Waals surface area contributed by atoms with E-state index in [4.69, 9.17) is 9.84 Å². The second kappa shape index (κ2) is 7.07. The maximum absolute atomic E-state index is 12.9. The van der Waals surface area contributed by atoms with Gasteiger partial charge in [-0.3, -0.25) is 10.1 Å². The van der Waals surface area contributed by atoms with Crippen LogP contribution in [-0.4, -0.2) is 34.1 Å². The van der Waals surface area contributed by atoms with Crippen molar-refractivity contribution >= 4 is 17.8 Å². The number of carbonyl (C=O) groups excluding carboxylic acids is 1. The highest BCUT2D eigenvalue weighted by molar-refractivity contribution is 6.03. The van der Waals surface area contributed by atoms with E-state index in [9.17, 15) is 9.59 Å². The Morgan fingerprint density at radius 2 is 1.77 bits per heavy atom. The van der Waals surface area contributed by atoms with Gasteiger partial charge in [-0.25, -0.2) is 14.8 Å². The summed E-state index contributed by atoms with van der Waals surface area (Å²) >= 11 is 0. The first-order valence-electron chi connectivity index (χ1n) is 10.5. The minimum absolute atomic E-state index is 0.0212. The molecule has 30 heavy (non-hydrogen) atoms. The van der Waals surface area contributed by atoms with Crippen LogP contribution in [0.5, 0.6) is 5.75 Å². The minimum Gasteiger partial charge on any atom is -0.496 e. The average Bonchev–Trinajstić information content (AvgIpc) is 2.72. The number of aromatic nitrogens is 2. The van der Waals surface area contributed by atoms with Crippen molar-refractivity contribution in [3.63, 3.8) is 0 Å². The van der Waals surface area contributed by atoms with Crippen molar-refractivity contribution in [2.75, 3.05) is 12.4 Å². The lowest BCUT2D eigenvalue weighted by Crippen LogP contribution is -2.48. The molecule has 4 bridgehead atoms. The molecule has 1 amide bonds. The van der Waals surface area contributed by atoms with Crippen LogP contribution in [0.1, 0.15) is 64.9 Å². The number of rotatable bonds is 5. The third-order valence-electron chi connectivity index (χ3n) is 7.17. The first-order chi connectivity index (χ1) is 14.5. The number of carboxylic acid groups (broad SMARTS) is 1. The first-order valence-corrected chi connectivity index (χ1v) is 10.5. The van der Waals surface area contributed by atoms with Crippen molar-refractivity contribution in [3.05, 3.63) is 47.3 Å². The summed E-state index contributed by atoms with van der Waals surface area (Å²) < 4.78 is 5.71. The number of nitrogens with zero attached hydrogens (tertiary/aromatic N) is 2. The highest BCUT2D eigenvalue weighted by Gasteiger charge is 2.52. The maximum Gasteiger partial charge on any atom is 0.354 e. The van der Waals surface area contributed by atoms with E-state index < -0.39 is 5.97 Å². The van der Waals surface area contributed by atoms with Gasteiger partial charge in [-0.05, 0) is 86.0 Å². The zero-order valence-electron chi connectivity index (χ0n) is 16.9. The van der Waals surface area contributed by atoms with Gasteiger partial charge in [0.1, 0.15) is 5.75 Å². The molecule has 0 aliphatic heterocycles. The van der Waals surface area contributed by atoms with E-state index >= 15 is 0 Å². The van der Waals surface area contributed by atoms with Gasteiger partial charge in [-0.2, -0.15) is 0 Å². The molecular weight excluding hydrogens is 382 g/mol. The number of anilines is 1. The Labute approximate surface area is 174 Å². The third-order valence-corrected chi connectivity index (χ3v) is 7.17. The van der Waals surface area contributed by atoms with Crippen LogP contribution in [0.2, 0.25) is 0 Å². The predicted octanol–water partition coefficient (Wildman–Crippen LogP) is 3.90. The SMILES string of the molecule is COc1ccc(C(=O)Nc2nccc(C(=O)O)n2)cc1C12CC3CC(CC(C3)C1)C2. The minimum atomic E-state index is -1.17. The Balaban J connectivity index is 1.46. The number of hydrogen-bond acceptors (Lipinski definition) is 5. The van der Waals surface area contributed by atoms with Crippen LogP contribution in [0, 0.1) is 17.8 Å². The van der Waals surface area contributed by atoms with Crippen LogP contribution in [0.4, 0.5) is 5.95 Å². The van der Waals surface area contributed by atoms with Gasteiger partial charge >= 0.3 is 5.97 Å². The van der Waals surface area contributed by atoms with Crippen LogP contribution < -0.4 is 10.1 Å². The summed E-state index contributed by atoms with van der Waals surface area (Å²) in [6.45, 7) is 0. The van der Waals surface area contributed by atoms with Gasteiger partial charge in [0.25, 0.3) is 5.91 Å². The van der Waals surface area contributed by atoms with Gasteiger partial charge in [0.05, 0.1) is 7.11 Å². The molecule has 0 atom stereocenters. The second-order valence-corrected chi connectivity index (χ2v) is 9.14. The quantitative estimate of drug-likeness (QED) is 0.779. The fraction of sp³-hybridized carbons (Fsp3) is 0.478. The van der Waals surface area contributed by atoms with Crippen molar-refractivity contribution in [2.24, 2.45) is 17.8 Å². The fourth-order valence-electron chi connectivity index (χ4n) is 6.42. The van der Waals surface area contributed by atoms with Gasteiger partial charge in [0.15, 0.2) is 5.69 Å². The number of methoxy groups -OCH3 is 1. The second-order valence-electron chi connectivity index (χ2n) is 9.14. The average molecular weight is 407 g/mol. The summed E-state index contributed by atoms with van der Waals surface area (Å²) in [5.74, 6) is 1.65. The normalized spacial score (nSPS) is 28.9. The van der Waals surface area contributed by atoms with E-state index in [0.717, 1.165) is 29.1 Å². The molecule has 0 radical (unpaired) electrons. The summed E-state index contributed by atoms with van der Waals surface area (Å²) in [7, 11) is 1.68. The largest absolute Gasteiger partial charge is 0.496 e. The summed E-state index contributed by atoms with van der Waals surface area (Å²) in [6.07, 6.45) is 8.87. The molecule has 4 aliphatic rings. The summed E-state index contributed by atoms with van der Waals surface area (Å²) in [6, 6.07) is 6.86. The van der Waals surface area contributed by atoms with Crippen LogP contribution >= 0.6 is 0 Å². The highest BCUT2D eigenvalue weighted by Crippen LogP contribution is 2.61. The summed E-state index contributed by atoms with van der Waals surface area (Å²) in [5.41, 5.74) is 1.57. The van der Waals surface area contributed by atoms with Crippen molar-refractivity contribution in [3.8, 4) is 5.75 Å². The molecule has 0 saturated heterocycles. The number of carbonyl (C=O) groups is 2. The molecule has 2 N–H and O–H groups in total. The van der Waals surface area contributed by atoms with Crippen LogP contribution in [0.25, 0.3) is 0 Å². The van der Waals surface area contributed by atoms with Gasteiger partial charge in [-0.1, -0.05) is 0 Å². The molecule has 1 aromatic heterocycles. The van der Waals surface area contributed by atoms with Crippen LogP contribution in [0.3, 0.4) is 0 Å². The first kappa shape index (κ1) is 19.0. The molecule has 1 heterocycles. The predicted molar refractivity (Wildman–Crippen MR) is 110 cm³/mol. The lowest BCUT2D eigenvalue weighted by molar-refractivity contribution is -0.00617. The summed E-state index contributed by atoms with van der Waals surface area (Å²) in [5, 5.41) is 11.7. The zero-order chi connectivity index (χ0) is 20.9. The number of aromatic carboxylic acids is 1. The molecule has 156 valence electrons. The standard InChI is InChI=1S/C23H25N3O4/c1-30-19-3-2-16(20(27)26-22-24-5-4-18(25-22)21(28)29)9-17(19)23-10-13-6-14(11-23)8-15(7-13)12-23/h2-5,9,13-15H,6-8,10-12H2,1H3,(H,28,29)(H,24,25,26,27). The Bertz CT molecular complexity index is 984. The Morgan fingerprint density at radius 3 is 2.37 bits per heavy atom. The number of amides is 1. The highest BCUT2D eigenvalue weighted by atomic mass is 16.5. The maximum atomic E-state index is 12.9. The molecule has 0 spiro atoms. The Morgan fingerprint density at radius 1 is 1.10 bits per heavy atom. The van der Waals surface area contributed by atoms with E-state index in [0.29, 0.717) is 5.56 Å². The van der Waals surface area contributed by atoms with Gasteiger partial charge < -0.3 is 9.84 Å². The molecule has 0 unspecified atom stereocenters. The van der Waals surface area contributed by atoms with Crippen molar-refractivity contribution in [1.82, 2.24) is 9.97 Å². The van der Waals surface area contributed by atoms with Crippen molar-refractivity contribution < 1.29 is 19.4 Å². The van der Waals surface area contributed by atoms with Crippen molar-refractivity contribution in [2.45, 2.75) is 43.9 Å². The van der Waals surface area contributed by atoms with Gasteiger partial charge in [0.2, 0.25) is 5.95 Å². The Kier molecular flexibility index (Phi) is 4.49. The van der Waals surface area contributed by atoms with E-state index in [1.165, 1.54) is 50.8 Å². The number of nitrogens with one attached hydrogen (secondary N) is 1. The monoisotopic (exact) mass is 407 g/mol. The molecule has 4 aliphatic carbocycles. The fourth-order valence-corrected chi connectivity index (χ4v) is 6.42. The molecule has 2 aromatic rings. The van der Waals surface area contributed by atoms with Gasteiger partial charge in [-0.15, -0.1) is 0 Å². The molecule has 7 nitrogen and oxygen atoms in total. The van der Waals surface area contributed by atoms with Crippen LogP contribution in [0.15, 0.2) is 30.5 Å². The topological polar surface area (TPSA) is 101 Å². The molecule has 4 fully saturated rings. The number of carboxylic acids is 1. The number of ether oxygens (including phenoxy) is 1.